The average molecular weight is 437 g/mol. The normalized spacial score (nSPS) is 12.6. The highest BCUT2D eigenvalue weighted by Crippen LogP contribution is 2.32. The van der Waals surface area contributed by atoms with E-state index >= 15 is 0 Å². The van der Waals surface area contributed by atoms with Crippen LogP contribution in [0, 0.1) is 0 Å². The molecule has 2 N–H and O–H groups in total. The molecule has 2 aromatic carbocycles. The number of esters is 1. The van der Waals surface area contributed by atoms with E-state index in [2.05, 4.69) is 0 Å². The lowest BCUT2D eigenvalue weighted by Gasteiger charge is -2.14. The van der Waals surface area contributed by atoms with Crippen molar-refractivity contribution in [2.45, 2.75) is 40.2 Å². The van der Waals surface area contributed by atoms with E-state index in [0.717, 1.165) is 5.39 Å². The molecule has 0 amide bonds. The molecule has 3 rings (SSSR count). The Morgan fingerprint density at radius 3 is 2.66 bits per heavy atom. The summed E-state index contributed by atoms with van der Waals surface area (Å²) in [5.74, 6) is 0.901. The lowest BCUT2D eigenvalue weighted by Crippen LogP contribution is -2.08. The highest BCUT2D eigenvalue weighted by atomic mass is 16.5. The SMILES string of the molecule is CCOC(=O)Cc1ccccc1O/C(C)=C/C(=C(/O)CC)c1cc(CO)cc2ccoc12. The number of aliphatic hydroxyl groups is 2. The smallest absolute Gasteiger partial charge is 0.310 e. The zero-order valence-corrected chi connectivity index (χ0v) is 18.6. The molecule has 0 aliphatic rings. The van der Waals surface area contributed by atoms with Crippen LogP contribution >= 0.6 is 0 Å². The highest BCUT2D eigenvalue weighted by molar-refractivity contribution is 5.93. The van der Waals surface area contributed by atoms with Crippen molar-refractivity contribution >= 4 is 22.5 Å². The molecular formula is C26H28O6. The fourth-order valence-corrected chi connectivity index (χ4v) is 3.47. The minimum absolute atomic E-state index is 0.103. The first-order valence-corrected chi connectivity index (χ1v) is 10.6. The topological polar surface area (TPSA) is 89.1 Å². The van der Waals surface area contributed by atoms with Crippen LogP contribution in [0.4, 0.5) is 0 Å². The fourth-order valence-electron chi connectivity index (χ4n) is 3.47. The Bertz CT molecular complexity index is 1150. The van der Waals surface area contributed by atoms with Gasteiger partial charge in [0.05, 0.1) is 25.9 Å². The van der Waals surface area contributed by atoms with E-state index in [0.29, 0.717) is 52.4 Å². The molecule has 168 valence electrons. The summed E-state index contributed by atoms with van der Waals surface area (Å²) in [5, 5.41) is 21.2. The monoisotopic (exact) mass is 436 g/mol. The Balaban J connectivity index is 1.99. The van der Waals surface area contributed by atoms with Gasteiger partial charge in [-0.05, 0) is 49.8 Å². The third kappa shape index (κ3) is 5.39. The summed E-state index contributed by atoms with van der Waals surface area (Å²) in [4.78, 5) is 11.9. The number of ether oxygens (including phenoxy) is 2. The van der Waals surface area contributed by atoms with Crippen LogP contribution in [0.1, 0.15) is 43.9 Å². The molecule has 32 heavy (non-hydrogen) atoms. The maximum atomic E-state index is 11.9. The number of hydrogen-bond acceptors (Lipinski definition) is 6. The van der Waals surface area contributed by atoms with Crippen LogP contribution < -0.4 is 4.74 Å². The van der Waals surface area contributed by atoms with Crippen LogP contribution in [0.15, 0.2) is 70.7 Å². The van der Waals surface area contributed by atoms with Crippen LogP contribution in [0.25, 0.3) is 16.5 Å². The molecule has 0 atom stereocenters. The van der Waals surface area contributed by atoms with Crippen LogP contribution in [-0.4, -0.2) is 22.8 Å². The number of allylic oxidation sites excluding steroid dienone is 4. The van der Waals surface area contributed by atoms with E-state index in [1.807, 2.05) is 37.3 Å². The minimum atomic E-state index is -0.324. The average Bonchev–Trinajstić information content (AvgIpc) is 3.26. The number of benzene rings is 2. The molecule has 6 heteroatoms. The molecule has 0 radical (unpaired) electrons. The Morgan fingerprint density at radius 1 is 1.16 bits per heavy atom. The molecule has 0 saturated carbocycles. The standard InChI is InChI=1S/C26H28O6/c1-4-23(28)21(22-14-18(16-27)13-20-10-11-31-26(20)22)12-17(3)32-24-9-7-6-8-19(24)15-25(29)30-5-2/h6-14,27-28H,4-5,15-16H2,1-3H3/b17-12+,23-21-. The second-order valence-electron chi connectivity index (χ2n) is 7.30. The molecule has 0 bridgehead atoms. The second kappa shape index (κ2) is 10.7. The molecule has 0 saturated heterocycles. The molecule has 0 aliphatic heterocycles. The molecule has 6 nitrogen and oxygen atoms in total. The van der Waals surface area contributed by atoms with Gasteiger partial charge in [0.2, 0.25) is 0 Å². The van der Waals surface area contributed by atoms with Gasteiger partial charge < -0.3 is 24.1 Å². The van der Waals surface area contributed by atoms with Crippen molar-refractivity contribution in [3.63, 3.8) is 0 Å². The first kappa shape index (κ1) is 23.2. The maximum absolute atomic E-state index is 11.9. The van der Waals surface area contributed by atoms with Crippen molar-refractivity contribution in [2.75, 3.05) is 6.61 Å². The predicted molar refractivity (Wildman–Crippen MR) is 123 cm³/mol. The summed E-state index contributed by atoms with van der Waals surface area (Å²) in [6, 6.07) is 12.7. The lowest BCUT2D eigenvalue weighted by molar-refractivity contribution is -0.142. The van der Waals surface area contributed by atoms with Crippen LogP contribution in [0.2, 0.25) is 0 Å². The Kier molecular flexibility index (Phi) is 7.73. The van der Waals surface area contributed by atoms with Crippen LogP contribution in [0.3, 0.4) is 0 Å². The van der Waals surface area contributed by atoms with Crippen molar-refractivity contribution in [3.05, 3.63) is 83.0 Å². The van der Waals surface area contributed by atoms with Crippen LogP contribution in [-0.2, 0) is 22.6 Å². The van der Waals surface area contributed by atoms with Gasteiger partial charge in [-0.15, -0.1) is 0 Å². The van der Waals surface area contributed by atoms with Gasteiger partial charge >= 0.3 is 5.97 Å². The van der Waals surface area contributed by atoms with Gasteiger partial charge in [-0.25, -0.2) is 0 Å². The summed E-state index contributed by atoms with van der Waals surface area (Å²) in [7, 11) is 0. The summed E-state index contributed by atoms with van der Waals surface area (Å²) in [5.41, 5.74) is 3.24. The number of fused-ring (bicyclic) bond motifs is 1. The van der Waals surface area contributed by atoms with E-state index in [1.165, 1.54) is 0 Å². The van der Waals surface area contributed by atoms with Gasteiger partial charge in [0.25, 0.3) is 0 Å². The van der Waals surface area contributed by atoms with Crippen molar-refractivity contribution < 1.29 is 28.9 Å². The Labute approximate surface area is 187 Å². The highest BCUT2D eigenvalue weighted by Gasteiger charge is 2.15. The second-order valence-corrected chi connectivity index (χ2v) is 7.30. The summed E-state index contributed by atoms with van der Waals surface area (Å²) >= 11 is 0. The molecule has 0 fully saturated rings. The van der Waals surface area contributed by atoms with Crippen molar-refractivity contribution in [1.29, 1.82) is 0 Å². The van der Waals surface area contributed by atoms with E-state index in [1.54, 1.807) is 38.3 Å². The first-order valence-electron chi connectivity index (χ1n) is 10.6. The molecular weight excluding hydrogens is 408 g/mol. The predicted octanol–water partition coefficient (Wildman–Crippen LogP) is 5.69. The number of carbonyl (C=O) groups excluding carboxylic acids is 1. The number of para-hydroxylation sites is 1. The van der Waals surface area contributed by atoms with E-state index < -0.39 is 0 Å². The van der Waals surface area contributed by atoms with Crippen LogP contribution in [0.5, 0.6) is 5.75 Å². The molecule has 1 heterocycles. The fraction of sp³-hybridized carbons (Fsp3) is 0.269. The zero-order valence-electron chi connectivity index (χ0n) is 18.6. The Morgan fingerprint density at radius 2 is 1.94 bits per heavy atom. The number of carbonyl (C=O) groups is 1. The van der Waals surface area contributed by atoms with Crippen molar-refractivity contribution in [2.24, 2.45) is 0 Å². The van der Waals surface area contributed by atoms with Crippen molar-refractivity contribution in [3.8, 4) is 5.75 Å². The quantitative estimate of drug-likeness (QED) is 0.254. The van der Waals surface area contributed by atoms with Crippen molar-refractivity contribution in [1.82, 2.24) is 0 Å². The number of furan rings is 1. The largest absolute Gasteiger partial charge is 0.512 e. The molecule has 0 spiro atoms. The summed E-state index contributed by atoms with van der Waals surface area (Å²) in [6.45, 7) is 5.58. The number of hydrogen-bond donors (Lipinski definition) is 2. The van der Waals surface area contributed by atoms with E-state index in [4.69, 9.17) is 13.9 Å². The maximum Gasteiger partial charge on any atom is 0.310 e. The van der Waals surface area contributed by atoms with Gasteiger partial charge in [-0.3, -0.25) is 4.79 Å². The summed E-state index contributed by atoms with van der Waals surface area (Å²) in [6.07, 6.45) is 3.82. The lowest BCUT2D eigenvalue weighted by atomic mass is 9.98. The van der Waals surface area contributed by atoms with Gasteiger partial charge in [0.15, 0.2) is 0 Å². The minimum Gasteiger partial charge on any atom is -0.512 e. The van der Waals surface area contributed by atoms with Gasteiger partial charge in [-0.2, -0.15) is 0 Å². The van der Waals surface area contributed by atoms with Gasteiger partial charge in [-0.1, -0.05) is 25.1 Å². The zero-order chi connectivity index (χ0) is 23.1. The molecule has 0 unspecified atom stereocenters. The Hall–Kier alpha value is -3.51. The third-order valence-corrected chi connectivity index (χ3v) is 4.96. The molecule has 1 aromatic heterocycles. The number of rotatable bonds is 9. The molecule has 3 aromatic rings. The van der Waals surface area contributed by atoms with Gasteiger partial charge in [0, 0.05) is 28.5 Å². The van der Waals surface area contributed by atoms with E-state index in [-0.39, 0.29) is 24.8 Å². The number of aliphatic hydroxyl groups excluding tert-OH is 2. The van der Waals surface area contributed by atoms with Gasteiger partial charge in [0.1, 0.15) is 22.9 Å². The molecule has 0 aliphatic carbocycles. The third-order valence-electron chi connectivity index (χ3n) is 4.96. The first-order chi connectivity index (χ1) is 15.5. The van der Waals surface area contributed by atoms with E-state index in [9.17, 15) is 15.0 Å². The summed E-state index contributed by atoms with van der Waals surface area (Å²) < 4.78 is 16.8.